The zero-order valence-electron chi connectivity index (χ0n) is 7.63. The largest absolute Gasteiger partial charge is 0.398 e. The van der Waals surface area contributed by atoms with Crippen molar-refractivity contribution in [2.45, 2.75) is 0 Å². The predicted molar refractivity (Wildman–Crippen MR) is 52.3 cm³/mol. The highest BCUT2D eigenvalue weighted by Crippen LogP contribution is 2.10. The number of amides is 2. The molecule has 80 valence electrons. The SMILES string of the molecule is CO/N=C(/C(N)=O)c1nsc(NC=O)n1. The molecule has 0 atom stereocenters. The summed E-state index contributed by atoms with van der Waals surface area (Å²) in [7, 11) is 1.26. The average molecular weight is 229 g/mol. The van der Waals surface area contributed by atoms with Gasteiger partial charge in [-0.2, -0.15) is 9.36 Å². The van der Waals surface area contributed by atoms with Crippen LogP contribution in [0.15, 0.2) is 5.16 Å². The molecule has 0 saturated heterocycles. The van der Waals surface area contributed by atoms with E-state index in [9.17, 15) is 9.59 Å². The molecule has 0 fully saturated rings. The molecule has 2 amide bonds. The number of oxime groups is 1. The zero-order chi connectivity index (χ0) is 11.3. The topological polar surface area (TPSA) is 120 Å². The van der Waals surface area contributed by atoms with Crippen LogP contribution in [-0.2, 0) is 14.4 Å². The van der Waals surface area contributed by atoms with E-state index in [0.717, 1.165) is 11.5 Å². The Morgan fingerprint density at radius 2 is 2.47 bits per heavy atom. The van der Waals surface area contributed by atoms with Gasteiger partial charge >= 0.3 is 0 Å². The van der Waals surface area contributed by atoms with Gasteiger partial charge < -0.3 is 15.9 Å². The smallest absolute Gasteiger partial charge is 0.274 e. The first-order valence-electron chi connectivity index (χ1n) is 3.64. The first-order valence-corrected chi connectivity index (χ1v) is 4.41. The molecular weight excluding hydrogens is 222 g/mol. The van der Waals surface area contributed by atoms with Crippen molar-refractivity contribution in [3.63, 3.8) is 0 Å². The number of anilines is 1. The number of rotatable bonds is 5. The Hall–Kier alpha value is -2.03. The molecule has 8 nitrogen and oxygen atoms in total. The lowest BCUT2D eigenvalue weighted by Crippen LogP contribution is -2.25. The van der Waals surface area contributed by atoms with Gasteiger partial charge in [0.05, 0.1) is 0 Å². The molecule has 0 aromatic carbocycles. The van der Waals surface area contributed by atoms with Gasteiger partial charge in [-0.3, -0.25) is 9.59 Å². The van der Waals surface area contributed by atoms with E-state index in [0.29, 0.717) is 6.41 Å². The Balaban J connectivity index is 2.97. The van der Waals surface area contributed by atoms with Crippen molar-refractivity contribution in [2.24, 2.45) is 10.9 Å². The van der Waals surface area contributed by atoms with Crippen molar-refractivity contribution < 1.29 is 14.4 Å². The van der Waals surface area contributed by atoms with E-state index in [-0.39, 0.29) is 16.7 Å². The summed E-state index contributed by atoms with van der Waals surface area (Å²) in [6, 6.07) is 0. The third kappa shape index (κ3) is 2.71. The number of nitrogens with two attached hydrogens (primary N) is 1. The van der Waals surface area contributed by atoms with Crippen molar-refractivity contribution in [3.8, 4) is 0 Å². The van der Waals surface area contributed by atoms with Crippen molar-refractivity contribution in [1.82, 2.24) is 9.36 Å². The van der Waals surface area contributed by atoms with Crippen LogP contribution in [0.3, 0.4) is 0 Å². The van der Waals surface area contributed by atoms with E-state index in [1.807, 2.05) is 0 Å². The summed E-state index contributed by atoms with van der Waals surface area (Å²) in [5, 5.41) is 5.90. The Labute approximate surface area is 88.3 Å². The van der Waals surface area contributed by atoms with E-state index >= 15 is 0 Å². The van der Waals surface area contributed by atoms with E-state index in [1.165, 1.54) is 7.11 Å². The van der Waals surface area contributed by atoms with Gasteiger partial charge in [-0.15, -0.1) is 0 Å². The maximum Gasteiger partial charge on any atom is 0.274 e. The monoisotopic (exact) mass is 229 g/mol. The molecule has 9 heteroatoms. The van der Waals surface area contributed by atoms with Gasteiger partial charge in [-0.05, 0) is 0 Å². The molecule has 0 aliphatic rings. The predicted octanol–water partition coefficient (Wildman–Crippen LogP) is -1.06. The van der Waals surface area contributed by atoms with Gasteiger partial charge in [-0.1, -0.05) is 5.16 Å². The van der Waals surface area contributed by atoms with Gasteiger partial charge in [0.15, 0.2) is 0 Å². The number of nitrogens with one attached hydrogen (secondary N) is 1. The molecule has 1 aromatic rings. The van der Waals surface area contributed by atoms with Crippen LogP contribution in [-0.4, -0.2) is 34.5 Å². The molecule has 1 aromatic heterocycles. The number of aromatic nitrogens is 2. The highest BCUT2D eigenvalue weighted by molar-refractivity contribution is 7.10. The fourth-order valence-corrected chi connectivity index (χ4v) is 1.24. The number of hydrogen-bond donors (Lipinski definition) is 2. The second kappa shape index (κ2) is 5.00. The van der Waals surface area contributed by atoms with Gasteiger partial charge in [-0.25, -0.2) is 0 Å². The summed E-state index contributed by atoms with van der Waals surface area (Å²) in [4.78, 5) is 29.2. The molecule has 3 N–H and O–H groups in total. The van der Waals surface area contributed by atoms with E-state index in [1.54, 1.807) is 0 Å². The maximum atomic E-state index is 10.9. The Morgan fingerprint density at radius 1 is 1.73 bits per heavy atom. The Bertz CT molecular complexity index is 401. The minimum Gasteiger partial charge on any atom is -0.398 e. The van der Waals surface area contributed by atoms with Crippen LogP contribution in [0.4, 0.5) is 5.13 Å². The second-order valence-electron chi connectivity index (χ2n) is 2.17. The quantitative estimate of drug-likeness (QED) is 0.379. The average Bonchev–Trinajstić information content (AvgIpc) is 2.62. The summed E-state index contributed by atoms with van der Waals surface area (Å²) >= 11 is 0.898. The molecule has 0 radical (unpaired) electrons. The van der Waals surface area contributed by atoms with Crippen LogP contribution >= 0.6 is 11.5 Å². The molecule has 0 aliphatic heterocycles. The summed E-state index contributed by atoms with van der Waals surface area (Å²) in [6.07, 6.45) is 0.446. The standard InChI is InChI=1S/C6H7N5O3S/c1-14-10-3(4(7)13)5-9-6(8-2-12)15-11-5/h2H,1H3,(H2,7,13)(H,8,9,11,12)/b10-3-. The third-order valence-corrected chi connectivity index (χ3v) is 1.88. The minimum absolute atomic E-state index is 0.0127. The van der Waals surface area contributed by atoms with Crippen LogP contribution in [0.2, 0.25) is 0 Å². The zero-order valence-corrected chi connectivity index (χ0v) is 8.45. The lowest BCUT2D eigenvalue weighted by atomic mass is 10.3. The number of nitrogens with zero attached hydrogens (tertiary/aromatic N) is 3. The summed E-state index contributed by atoms with van der Waals surface area (Å²) < 4.78 is 3.77. The lowest BCUT2D eigenvalue weighted by molar-refractivity contribution is -0.112. The van der Waals surface area contributed by atoms with E-state index in [4.69, 9.17) is 5.73 Å². The van der Waals surface area contributed by atoms with Crippen molar-refractivity contribution in [2.75, 3.05) is 12.4 Å². The molecule has 0 spiro atoms. The number of carbonyl (C=O) groups excluding carboxylic acids is 2. The molecule has 0 bridgehead atoms. The highest BCUT2D eigenvalue weighted by Gasteiger charge is 2.17. The molecule has 1 heterocycles. The fraction of sp³-hybridized carbons (Fsp3) is 0.167. The van der Waals surface area contributed by atoms with E-state index in [2.05, 4.69) is 24.7 Å². The first-order chi connectivity index (χ1) is 7.19. The van der Waals surface area contributed by atoms with Gasteiger partial charge in [0.1, 0.15) is 7.11 Å². The van der Waals surface area contributed by atoms with Gasteiger partial charge in [0, 0.05) is 11.5 Å². The van der Waals surface area contributed by atoms with Crippen LogP contribution in [0.25, 0.3) is 0 Å². The number of primary amides is 1. The molecular formula is C6H7N5O3S. The van der Waals surface area contributed by atoms with Crippen LogP contribution in [0.5, 0.6) is 0 Å². The van der Waals surface area contributed by atoms with Crippen molar-refractivity contribution >= 4 is 34.7 Å². The molecule has 0 unspecified atom stereocenters. The van der Waals surface area contributed by atoms with Crippen molar-refractivity contribution in [3.05, 3.63) is 5.82 Å². The molecule has 1 rings (SSSR count). The fourth-order valence-electron chi connectivity index (χ4n) is 0.716. The van der Waals surface area contributed by atoms with Crippen molar-refractivity contribution in [1.29, 1.82) is 0 Å². The second-order valence-corrected chi connectivity index (χ2v) is 2.92. The van der Waals surface area contributed by atoms with Crippen LogP contribution in [0, 0.1) is 0 Å². The molecule has 0 aliphatic carbocycles. The third-order valence-electron chi connectivity index (χ3n) is 1.24. The summed E-state index contributed by atoms with van der Waals surface area (Å²) in [6.45, 7) is 0. The minimum atomic E-state index is -0.813. The maximum absolute atomic E-state index is 10.9. The van der Waals surface area contributed by atoms with Gasteiger partial charge in [0.25, 0.3) is 5.91 Å². The van der Waals surface area contributed by atoms with E-state index < -0.39 is 5.91 Å². The van der Waals surface area contributed by atoms with Crippen LogP contribution < -0.4 is 11.1 Å². The Morgan fingerprint density at radius 3 is 3.00 bits per heavy atom. The molecule has 0 saturated carbocycles. The first kappa shape index (κ1) is 11.0. The Kier molecular flexibility index (Phi) is 3.68. The highest BCUT2D eigenvalue weighted by atomic mass is 32.1. The number of hydrogen-bond acceptors (Lipinski definition) is 7. The van der Waals surface area contributed by atoms with Crippen LogP contribution in [0.1, 0.15) is 5.82 Å². The molecule has 15 heavy (non-hydrogen) atoms. The summed E-state index contributed by atoms with van der Waals surface area (Å²) in [5.74, 6) is -0.800. The normalized spacial score (nSPS) is 10.9. The lowest BCUT2D eigenvalue weighted by Gasteiger charge is -1.94. The summed E-state index contributed by atoms with van der Waals surface area (Å²) in [5.41, 5.74) is 4.82. The van der Waals surface area contributed by atoms with Gasteiger partial charge in [0.2, 0.25) is 23.1 Å². The number of carbonyl (C=O) groups is 2.